The highest BCUT2D eigenvalue weighted by Crippen LogP contribution is 2.22. The highest BCUT2D eigenvalue weighted by molar-refractivity contribution is 7.19. The van der Waals surface area contributed by atoms with Gasteiger partial charge in [0.2, 0.25) is 5.91 Å². The highest BCUT2D eigenvalue weighted by Gasteiger charge is 2.28. The van der Waals surface area contributed by atoms with Gasteiger partial charge in [0.1, 0.15) is 5.01 Å². The standard InChI is InChI=1S/C16H18N2O2S/c1-16(2)11-18(9-10-20-16)15(19)8-7-14-17-12-5-3-4-6-13(12)21-14/h3-8H,9-11H2,1-2H3/b8-7+. The number of carbonyl (C=O) groups is 1. The van der Waals surface area contributed by atoms with Crippen LogP contribution in [0.2, 0.25) is 0 Å². The lowest BCUT2D eigenvalue weighted by Gasteiger charge is -2.37. The zero-order valence-corrected chi connectivity index (χ0v) is 13.0. The molecule has 0 saturated carbocycles. The van der Waals surface area contributed by atoms with Crippen molar-refractivity contribution in [2.45, 2.75) is 19.4 Å². The van der Waals surface area contributed by atoms with Crippen molar-refractivity contribution in [3.05, 3.63) is 35.3 Å². The Kier molecular flexibility index (Phi) is 3.78. The normalized spacial score (nSPS) is 18.5. The third kappa shape index (κ3) is 3.31. The maximum Gasteiger partial charge on any atom is 0.246 e. The van der Waals surface area contributed by atoms with E-state index in [1.165, 1.54) is 0 Å². The van der Waals surface area contributed by atoms with Crippen molar-refractivity contribution in [1.82, 2.24) is 9.88 Å². The molecule has 110 valence electrons. The molecule has 1 aromatic carbocycles. The maximum atomic E-state index is 12.2. The predicted octanol–water partition coefficient (Wildman–Crippen LogP) is 2.95. The summed E-state index contributed by atoms with van der Waals surface area (Å²) in [6.07, 6.45) is 3.41. The van der Waals surface area contributed by atoms with Gasteiger partial charge >= 0.3 is 0 Å². The predicted molar refractivity (Wildman–Crippen MR) is 85.3 cm³/mol. The lowest BCUT2D eigenvalue weighted by Crippen LogP contribution is -2.50. The van der Waals surface area contributed by atoms with Gasteiger partial charge in [0.15, 0.2) is 0 Å². The fourth-order valence-corrected chi connectivity index (χ4v) is 3.28. The Morgan fingerprint density at radius 2 is 2.24 bits per heavy atom. The van der Waals surface area contributed by atoms with Gasteiger partial charge in [-0.3, -0.25) is 4.79 Å². The van der Waals surface area contributed by atoms with Crippen LogP contribution >= 0.6 is 11.3 Å². The summed E-state index contributed by atoms with van der Waals surface area (Å²) in [6, 6.07) is 7.98. The number of nitrogens with zero attached hydrogens (tertiary/aromatic N) is 2. The average Bonchev–Trinajstić information content (AvgIpc) is 2.86. The maximum absolute atomic E-state index is 12.2. The Hall–Kier alpha value is -1.72. The average molecular weight is 302 g/mol. The number of hydrogen-bond donors (Lipinski definition) is 0. The molecule has 0 aliphatic carbocycles. The first kappa shape index (κ1) is 14.2. The monoisotopic (exact) mass is 302 g/mol. The smallest absolute Gasteiger partial charge is 0.246 e. The molecule has 0 N–H and O–H groups in total. The second-order valence-corrected chi connectivity index (χ2v) is 6.78. The number of hydrogen-bond acceptors (Lipinski definition) is 4. The van der Waals surface area contributed by atoms with Crippen molar-refractivity contribution in [2.24, 2.45) is 0 Å². The first-order chi connectivity index (χ1) is 10.0. The highest BCUT2D eigenvalue weighted by atomic mass is 32.1. The number of ether oxygens (including phenoxy) is 1. The Balaban J connectivity index is 1.71. The SMILES string of the molecule is CC1(C)CN(C(=O)/C=C/c2nc3ccccc3s2)CCO1. The summed E-state index contributed by atoms with van der Waals surface area (Å²) in [5, 5.41) is 0.858. The summed E-state index contributed by atoms with van der Waals surface area (Å²) in [7, 11) is 0. The molecule has 0 unspecified atom stereocenters. The van der Waals surface area contributed by atoms with Crippen LogP contribution < -0.4 is 0 Å². The number of fused-ring (bicyclic) bond motifs is 1. The third-order valence-electron chi connectivity index (χ3n) is 3.42. The van der Waals surface area contributed by atoms with Crippen LogP contribution in [-0.4, -0.2) is 41.1 Å². The van der Waals surface area contributed by atoms with Crippen LogP contribution in [0.1, 0.15) is 18.9 Å². The quantitative estimate of drug-likeness (QED) is 0.801. The number of morpholine rings is 1. The van der Waals surface area contributed by atoms with Crippen LogP contribution in [-0.2, 0) is 9.53 Å². The summed E-state index contributed by atoms with van der Waals surface area (Å²) in [5.41, 5.74) is 0.708. The summed E-state index contributed by atoms with van der Waals surface area (Å²) in [4.78, 5) is 18.6. The minimum Gasteiger partial charge on any atom is -0.372 e. The van der Waals surface area contributed by atoms with Gasteiger partial charge in [-0.1, -0.05) is 12.1 Å². The molecule has 2 aromatic rings. The Bertz CT molecular complexity index is 657. The number of aromatic nitrogens is 1. The van der Waals surface area contributed by atoms with Crippen LogP contribution in [0.15, 0.2) is 30.3 Å². The molecular formula is C16H18N2O2S. The number of amides is 1. The van der Waals surface area contributed by atoms with Gasteiger partial charge in [0.05, 0.1) is 22.4 Å². The molecule has 1 aliphatic rings. The van der Waals surface area contributed by atoms with E-state index in [2.05, 4.69) is 4.98 Å². The summed E-state index contributed by atoms with van der Waals surface area (Å²) >= 11 is 1.59. The molecule has 3 rings (SSSR count). The van der Waals surface area contributed by atoms with E-state index in [0.717, 1.165) is 15.2 Å². The van der Waals surface area contributed by atoms with Gasteiger partial charge in [-0.15, -0.1) is 11.3 Å². The molecule has 1 aliphatic heterocycles. The lowest BCUT2D eigenvalue weighted by molar-refractivity contribution is -0.140. The minimum atomic E-state index is -0.266. The van der Waals surface area contributed by atoms with Gasteiger partial charge in [-0.25, -0.2) is 4.98 Å². The molecule has 2 heterocycles. The van der Waals surface area contributed by atoms with Crippen molar-refractivity contribution < 1.29 is 9.53 Å². The second-order valence-electron chi connectivity index (χ2n) is 5.72. The van der Waals surface area contributed by atoms with E-state index in [1.807, 2.05) is 43.0 Å². The molecule has 0 spiro atoms. The molecule has 0 radical (unpaired) electrons. The summed E-state index contributed by atoms with van der Waals surface area (Å²) < 4.78 is 6.76. The lowest BCUT2D eigenvalue weighted by atomic mass is 10.1. The largest absolute Gasteiger partial charge is 0.372 e. The number of benzene rings is 1. The molecular weight excluding hydrogens is 284 g/mol. The van der Waals surface area contributed by atoms with Crippen molar-refractivity contribution in [1.29, 1.82) is 0 Å². The van der Waals surface area contributed by atoms with Crippen molar-refractivity contribution >= 4 is 33.5 Å². The molecule has 1 aromatic heterocycles. The van der Waals surface area contributed by atoms with E-state index in [4.69, 9.17) is 4.74 Å². The first-order valence-corrected chi connectivity index (χ1v) is 7.82. The van der Waals surface area contributed by atoms with E-state index in [0.29, 0.717) is 19.7 Å². The number of thiazole rings is 1. The zero-order chi connectivity index (χ0) is 14.9. The van der Waals surface area contributed by atoms with Crippen LogP contribution in [0, 0.1) is 0 Å². The van der Waals surface area contributed by atoms with E-state index >= 15 is 0 Å². The number of para-hydroxylation sites is 1. The first-order valence-electron chi connectivity index (χ1n) is 7.00. The van der Waals surface area contributed by atoms with Gasteiger partial charge < -0.3 is 9.64 Å². The van der Waals surface area contributed by atoms with Gasteiger partial charge in [0.25, 0.3) is 0 Å². The topological polar surface area (TPSA) is 42.4 Å². The Labute approximate surface area is 128 Å². The van der Waals surface area contributed by atoms with Crippen molar-refractivity contribution in [3.63, 3.8) is 0 Å². The van der Waals surface area contributed by atoms with Crippen LogP contribution in [0.25, 0.3) is 16.3 Å². The number of rotatable bonds is 2. The number of carbonyl (C=O) groups excluding carboxylic acids is 1. The molecule has 4 nitrogen and oxygen atoms in total. The third-order valence-corrected chi connectivity index (χ3v) is 4.42. The fraction of sp³-hybridized carbons (Fsp3) is 0.375. The van der Waals surface area contributed by atoms with E-state index in [-0.39, 0.29) is 11.5 Å². The molecule has 21 heavy (non-hydrogen) atoms. The van der Waals surface area contributed by atoms with E-state index < -0.39 is 0 Å². The fourth-order valence-electron chi connectivity index (χ4n) is 2.41. The summed E-state index contributed by atoms with van der Waals surface area (Å²) in [5.74, 6) is 0.0191. The van der Waals surface area contributed by atoms with Crippen LogP contribution in [0.3, 0.4) is 0 Å². The zero-order valence-electron chi connectivity index (χ0n) is 12.2. The Morgan fingerprint density at radius 3 is 3.00 bits per heavy atom. The van der Waals surface area contributed by atoms with Crippen LogP contribution in [0.5, 0.6) is 0 Å². The van der Waals surface area contributed by atoms with Crippen molar-refractivity contribution in [2.75, 3.05) is 19.7 Å². The van der Waals surface area contributed by atoms with Crippen molar-refractivity contribution in [3.8, 4) is 0 Å². The molecule has 0 bridgehead atoms. The van der Waals surface area contributed by atoms with E-state index in [1.54, 1.807) is 23.5 Å². The second kappa shape index (κ2) is 5.58. The summed E-state index contributed by atoms with van der Waals surface area (Å²) in [6.45, 7) is 5.86. The molecule has 1 amide bonds. The molecule has 1 fully saturated rings. The Morgan fingerprint density at radius 1 is 1.43 bits per heavy atom. The van der Waals surface area contributed by atoms with Crippen LogP contribution in [0.4, 0.5) is 0 Å². The van der Waals surface area contributed by atoms with E-state index in [9.17, 15) is 4.79 Å². The minimum absolute atomic E-state index is 0.0191. The molecule has 0 atom stereocenters. The van der Waals surface area contributed by atoms with Gasteiger partial charge in [0, 0.05) is 19.2 Å². The molecule has 5 heteroatoms. The van der Waals surface area contributed by atoms with Gasteiger partial charge in [-0.2, -0.15) is 0 Å². The van der Waals surface area contributed by atoms with Gasteiger partial charge in [-0.05, 0) is 32.1 Å². The molecule has 1 saturated heterocycles.